The topological polar surface area (TPSA) is 50.4 Å². The number of anilines is 1. The lowest BCUT2D eigenvalue weighted by Gasteiger charge is -2.19. The van der Waals surface area contributed by atoms with Gasteiger partial charge in [0.05, 0.1) is 13.7 Å². The molecule has 1 amide bonds. The monoisotopic (exact) mass is 402 g/mol. The van der Waals surface area contributed by atoms with Crippen LogP contribution in [0.4, 0.5) is 5.69 Å². The molecule has 25 heavy (non-hydrogen) atoms. The summed E-state index contributed by atoms with van der Waals surface area (Å²) in [5.74, 6) is 1.43. The standard InChI is InChI=1S/C20H23BrN2O2/c1-13-11-16(21)7-10-18(13)23-19(24)12-22-20(14-3-4-14)15-5-8-17(25-2)9-6-15/h5-11,14,20,22H,3-4,12H2,1-2H3,(H,23,24). The van der Waals surface area contributed by atoms with Gasteiger partial charge in [0.25, 0.3) is 0 Å². The number of ether oxygens (including phenoxy) is 1. The molecule has 1 saturated carbocycles. The van der Waals surface area contributed by atoms with Gasteiger partial charge in [-0.15, -0.1) is 0 Å². The summed E-state index contributed by atoms with van der Waals surface area (Å²) in [4.78, 5) is 12.3. The van der Waals surface area contributed by atoms with Crippen LogP contribution in [0.2, 0.25) is 0 Å². The lowest BCUT2D eigenvalue weighted by Crippen LogP contribution is -2.32. The number of carbonyl (C=O) groups is 1. The summed E-state index contributed by atoms with van der Waals surface area (Å²) in [6.07, 6.45) is 2.41. The lowest BCUT2D eigenvalue weighted by atomic mass is 10.0. The third-order valence-electron chi connectivity index (χ3n) is 4.51. The van der Waals surface area contributed by atoms with Gasteiger partial charge in [0.2, 0.25) is 5.91 Å². The Morgan fingerprint density at radius 1 is 1.24 bits per heavy atom. The molecule has 5 heteroatoms. The van der Waals surface area contributed by atoms with E-state index in [4.69, 9.17) is 4.74 Å². The van der Waals surface area contributed by atoms with Crippen molar-refractivity contribution in [1.82, 2.24) is 5.32 Å². The molecule has 0 radical (unpaired) electrons. The SMILES string of the molecule is COc1ccc(C(NCC(=O)Nc2ccc(Br)cc2C)C2CC2)cc1. The van der Waals surface area contributed by atoms with Crippen LogP contribution >= 0.6 is 15.9 Å². The highest BCUT2D eigenvalue weighted by atomic mass is 79.9. The quantitative estimate of drug-likeness (QED) is 0.719. The Morgan fingerprint density at radius 2 is 1.96 bits per heavy atom. The Hall–Kier alpha value is -1.85. The van der Waals surface area contributed by atoms with Crippen molar-refractivity contribution in [3.8, 4) is 5.75 Å². The second-order valence-corrected chi connectivity index (χ2v) is 7.39. The number of halogens is 1. The smallest absolute Gasteiger partial charge is 0.238 e. The van der Waals surface area contributed by atoms with Crippen LogP contribution in [0.25, 0.3) is 0 Å². The maximum atomic E-state index is 12.3. The number of hydrogen-bond donors (Lipinski definition) is 2. The van der Waals surface area contributed by atoms with Crippen molar-refractivity contribution < 1.29 is 9.53 Å². The number of methoxy groups -OCH3 is 1. The Labute approximate surface area is 157 Å². The van der Waals surface area contributed by atoms with Crippen molar-refractivity contribution in [3.05, 3.63) is 58.1 Å². The molecule has 132 valence electrons. The van der Waals surface area contributed by atoms with E-state index in [2.05, 4.69) is 38.7 Å². The van der Waals surface area contributed by atoms with Crippen LogP contribution in [-0.4, -0.2) is 19.6 Å². The van der Waals surface area contributed by atoms with Gasteiger partial charge in [0, 0.05) is 16.2 Å². The number of aryl methyl sites for hydroxylation is 1. The maximum Gasteiger partial charge on any atom is 0.238 e. The first kappa shape index (κ1) is 18.0. The van der Waals surface area contributed by atoms with Crippen LogP contribution in [0, 0.1) is 12.8 Å². The first-order chi connectivity index (χ1) is 12.1. The van der Waals surface area contributed by atoms with E-state index in [-0.39, 0.29) is 11.9 Å². The summed E-state index contributed by atoms with van der Waals surface area (Å²) < 4.78 is 6.23. The van der Waals surface area contributed by atoms with Crippen LogP contribution in [0.1, 0.15) is 30.0 Å². The summed E-state index contributed by atoms with van der Waals surface area (Å²) in [5, 5.41) is 6.40. The molecule has 1 fully saturated rings. The Bertz CT molecular complexity index is 742. The van der Waals surface area contributed by atoms with Gasteiger partial charge in [0.15, 0.2) is 0 Å². The maximum absolute atomic E-state index is 12.3. The fraction of sp³-hybridized carbons (Fsp3) is 0.350. The molecule has 2 N–H and O–H groups in total. The van der Waals surface area contributed by atoms with E-state index < -0.39 is 0 Å². The molecule has 0 spiro atoms. The predicted molar refractivity (Wildman–Crippen MR) is 104 cm³/mol. The van der Waals surface area contributed by atoms with Crippen molar-refractivity contribution >= 4 is 27.5 Å². The third kappa shape index (κ3) is 4.83. The van der Waals surface area contributed by atoms with E-state index in [1.165, 1.54) is 18.4 Å². The molecule has 1 atom stereocenters. The van der Waals surface area contributed by atoms with Gasteiger partial charge in [-0.2, -0.15) is 0 Å². The van der Waals surface area contributed by atoms with Gasteiger partial charge in [-0.05, 0) is 67.1 Å². The Morgan fingerprint density at radius 3 is 2.56 bits per heavy atom. The number of benzene rings is 2. The van der Waals surface area contributed by atoms with Gasteiger partial charge < -0.3 is 15.4 Å². The summed E-state index contributed by atoms with van der Waals surface area (Å²) in [6.45, 7) is 2.28. The van der Waals surface area contributed by atoms with Crippen molar-refractivity contribution in [2.45, 2.75) is 25.8 Å². The molecule has 1 aliphatic carbocycles. The third-order valence-corrected chi connectivity index (χ3v) is 5.01. The zero-order valence-electron chi connectivity index (χ0n) is 14.5. The van der Waals surface area contributed by atoms with Crippen LogP contribution in [0.3, 0.4) is 0 Å². The molecule has 0 saturated heterocycles. The second-order valence-electron chi connectivity index (χ2n) is 6.48. The lowest BCUT2D eigenvalue weighted by molar-refractivity contribution is -0.115. The van der Waals surface area contributed by atoms with E-state index in [0.717, 1.165) is 21.5 Å². The summed E-state index contributed by atoms with van der Waals surface area (Å²) >= 11 is 3.44. The molecule has 1 aliphatic rings. The summed E-state index contributed by atoms with van der Waals surface area (Å²) in [6, 6.07) is 14.1. The molecule has 0 aliphatic heterocycles. The number of hydrogen-bond acceptors (Lipinski definition) is 3. The molecule has 0 aromatic heterocycles. The van der Waals surface area contributed by atoms with Gasteiger partial charge in [0.1, 0.15) is 5.75 Å². The average Bonchev–Trinajstić information content (AvgIpc) is 3.43. The average molecular weight is 403 g/mol. The van der Waals surface area contributed by atoms with E-state index in [9.17, 15) is 4.79 Å². The van der Waals surface area contributed by atoms with Gasteiger partial charge in [-0.1, -0.05) is 28.1 Å². The fourth-order valence-electron chi connectivity index (χ4n) is 2.96. The fourth-order valence-corrected chi connectivity index (χ4v) is 3.44. The van der Waals surface area contributed by atoms with E-state index in [1.54, 1.807) is 7.11 Å². The molecular formula is C20H23BrN2O2. The van der Waals surface area contributed by atoms with Crippen LogP contribution in [-0.2, 0) is 4.79 Å². The summed E-state index contributed by atoms with van der Waals surface area (Å²) in [5.41, 5.74) is 3.09. The number of rotatable bonds is 7. The number of nitrogens with one attached hydrogen (secondary N) is 2. The summed E-state index contributed by atoms with van der Waals surface area (Å²) in [7, 11) is 1.67. The molecule has 0 heterocycles. The molecule has 4 nitrogen and oxygen atoms in total. The van der Waals surface area contributed by atoms with Crippen molar-refractivity contribution in [1.29, 1.82) is 0 Å². The number of carbonyl (C=O) groups excluding carboxylic acids is 1. The minimum Gasteiger partial charge on any atom is -0.497 e. The van der Waals surface area contributed by atoms with E-state index in [1.807, 2.05) is 37.3 Å². The molecule has 2 aromatic rings. The molecular weight excluding hydrogens is 380 g/mol. The van der Waals surface area contributed by atoms with Crippen molar-refractivity contribution in [3.63, 3.8) is 0 Å². The molecule has 2 aromatic carbocycles. The molecule has 0 bridgehead atoms. The Balaban J connectivity index is 1.60. The zero-order valence-corrected chi connectivity index (χ0v) is 16.1. The van der Waals surface area contributed by atoms with Gasteiger partial charge in [-0.25, -0.2) is 0 Å². The second kappa shape index (κ2) is 8.02. The first-order valence-electron chi connectivity index (χ1n) is 8.50. The highest BCUT2D eigenvalue weighted by Crippen LogP contribution is 2.41. The van der Waals surface area contributed by atoms with E-state index in [0.29, 0.717) is 12.5 Å². The molecule has 3 rings (SSSR count). The van der Waals surface area contributed by atoms with Gasteiger partial charge in [-0.3, -0.25) is 4.79 Å². The normalized spacial score (nSPS) is 14.8. The Kier molecular flexibility index (Phi) is 5.76. The van der Waals surface area contributed by atoms with Gasteiger partial charge >= 0.3 is 0 Å². The van der Waals surface area contributed by atoms with E-state index >= 15 is 0 Å². The van der Waals surface area contributed by atoms with Crippen LogP contribution in [0.15, 0.2) is 46.9 Å². The minimum absolute atomic E-state index is 0.0235. The zero-order chi connectivity index (χ0) is 17.8. The highest BCUT2D eigenvalue weighted by molar-refractivity contribution is 9.10. The van der Waals surface area contributed by atoms with Crippen LogP contribution < -0.4 is 15.4 Å². The number of amides is 1. The predicted octanol–water partition coefficient (Wildman–Crippen LogP) is 4.45. The van der Waals surface area contributed by atoms with Crippen molar-refractivity contribution in [2.75, 3.05) is 19.0 Å². The largest absolute Gasteiger partial charge is 0.497 e. The highest BCUT2D eigenvalue weighted by Gasteiger charge is 2.32. The van der Waals surface area contributed by atoms with Crippen LogP contribution in [0.5, 0.6) is 5.75 Å². The minimum atomic E-state index is -0.0235. The first-order valence-corrected chi connectivity index (χ1v) is 9.29. The molecule has 1 unspecified atom stereocenters. The van der Waals surface area contributed by atoms with Crippen molar-refractivity contribution in [2.24, 2.45) is 5.92 Å².